The van der Waals surface area contributed by atoms with E-state index in [1.165, 1.54) is 39.0 Å². The first-order chi connectivity index (χ1) is 5.79. The molecule has 0 amide bonds. The van der Waals surface area contributed by atoms with E-state index >= 15 is 0 Å². The second kappa shape index (κ2) is 5.14. The molecule has 3 nitrogen and oxygen atoms in total. The zero-order valence-corrected chi connectivity index (χ0v) is 7.64. The molecule has 0 aliphatic heterocycles. The molecule has 0 aromatic heterocycles. The van der Waals surface area contributed by atoms with Gasteiger partial charge in [0.1, 0.15) is 6.73 Å². The lowest BCUT2D eigenvalue weighted by Crippen LogP contribution is -2.33. The minimum Gasteiger partial charge on any atom is -0.450 e. The van der Waals surface area contributed by atoms with E-state index in [4.69, 9.17) is 4.74 Å². The van der Waals surface area contributed by atoms with Crippen LogP contribution >= 0.6 is 0 Å². The Morgan fingerprint density at radius 1 is 1.42 bits per heavy atom. The van der Waals surface area contributed by atoms with Crippen LogP contribution in [-0.4, -0.2) is 18.7 Å². The van der Waals surface area contributed by atoms with E-state index in [1.54, 1.807) is 0 Å². The summed E-state index contributed by atoms with van der Waals surface area (Å²) >= 11 is 0. The molecule has 0 saturated heterocycles. The largest absolute Gasteiger partial charge is 0.450 e. The van der Waals surface area contributed by atoms with E-state index in [2.05, 4.69) is 5.32 Å². The fourth-order valence-corrected chi connectivity index (χ4v) is 1.57. The number of esters is 1. The van der Waals surface area contributed by atoms with Crippen molar-refractivity contribution in [1.82, 2.24) is 5.32 Å². The van der Waals surface area contributed by atoms with Crippen molar-refractivity contribution in [3.8, 4) is 0 Å². The summed E-state index contributed by atoms with van der Waals surface area (Å²) in [7, 11) is 0. The van der Waals surface area contributed by atoms with Gasteiger partial charge in [-0.2, -0.15) is 0 Å². The van der Waals surface area contributed by atoms with Gasteiger partial charge < -0.3 is 4.74 Å². The molecule has 70 valence electrons. The quantitative estimate of drug-likeness (QED) is 0.515. The molecule has 0 aromatic carbocycles. The van der Waals surface area contributed by atoms with E-state index in [1.807, 2.05) is 0 Å². The number of hydrogen-bond acceptors (Lipinski definition) is 3. The van der Waals surface area contributed by atoms with Gasteiger partial charge in [-0.15, -0.1) is 0 Å². The summed E-state index contributed by atoms with van der Waals surface area (Å²) in [6.07, 6.45) is 6.41. The number of rotatable bonds is 3. The highest BCUT2D eigenvalue weighted by Gasteiger charge is 2.12. The van der Waals surface area contributed by atoms with Gasteiger partial charge in [0.2, 0.25) is 0 Å². The molecule has 1 N–H and O–H groups in total. The van der Waals surface area contributed by atoms with Gasteiger partial charge in [-0.1, -0.05) is 19.3 Å². The summed E-state index contributed by atoms with van der Waals surface area (Å²) in [5.41, 5.74) is 0. The molecule has 1 fully saturated rings. The van der Waals surface area contributed by atoms with Crippen LogP contribution in [0.25, 0.3) is 0 Å². The zero-order chi connectivity index (χ0) is 8.81. The molecular formula is C9H17NO2. The van der Waals surface area contributed by atoms with Gasteiger partial charge in [0.05, 0.1) is 0 Å². The molecule has 1 rings (SSSR count). The van der Waals surface area contributed by atoms with Crippen molar-refractivity contribution in [2.75, 3.05) is 6.73 Å². The highest BCUT2D eigenvalue weighted by Crippen LogP contribution is 2.16. The number of carbonyl (C=O) groups is 1. The van der Waals surface area contributed by atoms with Crippen LogP contribution < -0.4 is 5.32 Å². The monoisotopic (exact) mass is 171 g/mol. The van der Waals surface area contributed by atoms with Gasteiger partial charge in [-0.25, -0.2) is 0 Å². The van der Waals surface area contributed by atoms with Crippen LogP contribution in [0.1, 0.15) is 39.0 Å². The first-order valence-electron chi connectivity index (χ1n) is 4.66. The van der Waals surface area contributed by atoms with Crippen molar-refractivity contribution < 1.29 is 9.53 Å². The molecule has 0 unspecified atom stereocenters. The third-order valence-electron chi connectivity index (χ3n) is 2.25. The van der Waals surface area contributed by atoms with Crippen molar-refractivity contribution in [1.29, 1.82) is 0 Å². The number of ether oxygens (including phenoxy) is 1. The van der Waals surface area contributed by atoms with Crippen molar-refractivity contribution in [3.63, 3.8) is 0 Å². The van der Waals surface area contributed by atoms with Gasteiger partial charge in [-0.3, -0.25) is 10.1 Å². The van der Waals surface area contributed by atoms with Crippen LogP contribution in [0.4, 0.5) is 0 Å². The van der Waals surface area contributed by atoms with Crippen LogP contribution in [0.2, 0.25) is 0 Å². The fraction of sp³-hybridized carbons (Fsp3) is 0.889. The summed E-state index contributed by atoms with van der Waals surface area (Å²) < 4.78 is 4.79. The first kappa shape index (κ1) is 9.52. The molecule has 0 radical (unpaired) electrons. The van der Waals surface area contributed by atoms with Crippen molar-refractivity contribution in [2.24, 2.45) is 0 Å². The van der Waals surface area contributed by atoms with Crippen LogP contribution in [0.5, 0.6) is 0 Å². The summed E-state index contributed by atoms with van der Waals surface area (Å²) in [4.78, 5) is 10.4. The Kier molecular flexibility index (Phi) is 4.08. The average Bonchev–Trinajstić information content (AvgIpc) is 2.05. The minimum atomic E-state index is -0.210. The average molecular weight is 171 g/mol. The number of hydrogen-bond donors (Lipinski definition) is 1. The summed E-state index contributed by atoms with van der Waals surface area (Å²) in [6.45, 7) is 1.81. The third-order valence-corrected chi connectivity index (χ3v) is 2.25. The second-order valence-corrected chi connectivity index (χ2v) is 3.32. The number of nitrogens with one attached hydrogen (secondary N) is 1. The van der Waals surface area contributed by atoms with E-state index in [0.717, 1.165) is 0 Å². The topological polar surface area (TPSA) is 38.3 Å². The van der Waals surface area contributed by atoms with Gasteiger partial charge in [0, 0.05) is 13.0 Å². The molecule has 1 aliphatic rings. The summed E-state index contributed by atoms with van der Waals surface area (Å²) in [5, 5.41) is 3.21. The Labute approximate surface area is 73.5 Å². The fourth-order valence-electron chi connectivity index (χ4n) is 1.57. The molecule has 0 atom stereocenters. The van der Waals surface area contributed by atoms with Gasteiger partial charge >= 0.3 is 5.97 Å². The molecule has 0 heterocycles. The summed E-state index contributed by atoms with van der Waals surface area (Å²) in [5.74, 6) is -0.210. The van der Waals surface area contributed by atoms with Crippen LogP contribution in [0, 0.1) is 0 Å². The van der Waals surface area contributed by atoms with Gasteiger partial charge in [-0.05, 0) is 12.8 Å². The normalized spacial score (nSPS) is 19.1. The van der Waals surface area contributed by atoms with E-state index in [9.17, 15) is 4.79 Å². The molecule has 0 aromatic rings. The van der Waals surface area contributed by atoms with Gasteiger partial charge in [0.25, 0.3) is 0 Å². The molecule has 3 heteroatoms. The molecule has 1 saturated carbocycles. The molecule has 0 spiro atoms. The van der Waals surface area contributed by atoms with Crippen molar-refractivity contribution >= 4 is 5.97 Å². The zero-order valence-electron chi connectivity index (χ0n) is 7.64. The molecule has 0 bridgehead atoms. The maximum atomic E-state index is 10.4. The molecule has 12 heavy (non-hydrogen) atoms. The molecular weight excluding hydrogens is 154 g/mol. The predicted octanol–water partition coefficient (Wildman–Crippen LogP) is 1.43. The van der Waals surface area contributed by atoms with Crippen molar-refractivity contribution in [2.45, 2.75) is 45.1 Å². The van der Waals surface area contributed by atoms with Crippen molar-refractivity contribution in [3.05, 3.63) is 0 Å². The van der Waals surface area contributed by atoms with Crippen LogP contribution in [0.3, 0.4) is 0 Å². The SMILES string of the molecule is CC(=O)OCNC1CCCCC1. The minimum absolute atomic E-state index is 0.210. The van der Waals surface area contributed by atoms with E-state index < -0.39 is 0 Å². The number of carbonyl (C=O) groups excluding carboxylic acids is 1. The second-order valence-electron chi connectivity index (χ2n) is 3.32. The Balaban J connectivity index is 2.01. The Hall–Kier alpha value is -0.570. The van der Waals surface area contributed by atoms with E-state index in [0.29, 0.717) is 12.8 Å². The Morgan fingerprint density at radius 3 is 2.67 bits per heavy atom. The highest BCUT2D eigenvalue weighted by atomic mass is 16.5. The predicted molar refractivity (Wildman–Crippen MR) is 46.6 cm³/mol. The Bertz CT molecular complexity index is 141. The van der Waals surface area contributed by atoms with Crippen LogP contribution in [0.15, 0.2) is 0 Å². The maximum absolute atomic E-state index is 10.4. The Morgan fingerprint density at radius 2 is 2.08 bits per heavy atom. The standard InChI is InChI=1S/C9H17NO2/c1-8(11)12-7-10-9-5-3-2-4-6-9/h9-10H,2-7H2,1H3. The lowest BCUT2D eigenvalue weighted by Gasteiger charge is -2.22. The van der Waals surface area contributed by atoms with E-state index in [-0.39, 0.29) is 5.97 Å². The lowest BCUT2D eigenvalue weighted by atomic mass is 9.96. The maximum Gasteiger partial charge on any atom is 0.303 e. The summed E-state index contributed by atoms with van der Waals surface area (Å²) in [6, 6.07) is 0.568. The smallest absolute Gasteiger partial charge is 0.303 e. The van der Waals surface area contributed by atoms with Crippen LogP contribution in [-0.2, 0) is 9.53 Å². The highest BCUT2D eigenvalue weighted by molar-refractivity contribution is 5.65. The lowest BCUT2D eigenvalue weighted by molar-refractivity contribution is -0.141. The third kappa shape index (κ3) is 3.72. The first-order valence-corrected chi connectivity index (χ1v) is 4.66. The molecule has 1 aliphatic carbocycles. The van der Waals surface area contributed by atoms with Gasteiger partial charge in [0.15, 0.2) is 0 Å².